The lowest BCUT2D eigenvalue weighted by Gasteiger charge is -2.31. The summed E-state index contributed by atoms with van der Waals surface area (Å²) in [4.78, 5) is 12.0. The Morgan fingerprint density at radius 2 is 2.11 bits per heavy atom. The lowest BCUT2D eigenvalue weighted by atomic mass is 9.84. The van der Waals surface area contributed by atoms with Crippen LogP contribution in [0.25, 0.3) is 0 Å². The van der Waals surface area contributed by atoms with Gasteiger partial charge in [0.25, 0.3) is 0 Å². The molecular formula is C15H30N2O. The van der Waals surface area contributed by atoms with E-state index in [1.807, 2.05) is 0 Å². The molecule has 0 spiro atoms. The number of carbonyl (C=O) groups excluding carboxylic acids is 1. The Bertz CT molecular complexity index is 270. The molecule has 1 saturated heterocycles. The molecule has 18 heavy (non-hydrogen) atoms. The quantitative estimate of drug-likeness (QED) is 0.809. The van der Waals surface area contributed by atoms with E-state index >= 15 is 0 Å². The smallest absolute Gasteiger partial charge is 0.220 e. The van der Waals surface area contributed by atoms with E-state index in [-0.39, 0.29) is 5.91 Å². The van der Waals surface area contributed by atoms with Crippen molar-refractivity contribution in [3.8, 4) is 0 Å². The van der Waals surface area contributed by atoms with Crippen LogP contribution in [0.5, 0.6) is 0 Å². The predicted octanol–water partition coefficient (Wildman–Crippen LogP) is 2.56. The highest BCUT2D eigenvalue weighted by atomic mass is 16.1. The summed E-state index contributed by atoms with van der Waals surface area (Å²) in [6.45, 7) is 13.1. The Hall–Kier alpha value is -0.570. The van der Waals surface area contributed by atoms with Crippen LogP contribution in [0.4, 0.5) is 0 Å². The highest BCUT2D eigenvalue weighted by molar-refractivity contribution is 5.76. The molecule has 1 amide bonds. The Labute approximate surface area is 112 Å². The van der Waals surface area contributed by atoms with Crippen molar-refractivity contribution < 1.29 is 4.79 Å². The van der Waals surface area contributed by atoms with E-state index in [0.717, 1.165) is 25.9 Å². The van der Waals surface area contributed by atoms with Gasteiger partial charge in [0.2, 0.25) is 5.91 Å². The first kappa shape index (κ1) is 15.5. The maximum Gasteiger partial charge on any atom is 0.220 e. The fraction of sp³-hybridized carbons (Fsp3) is 0.933. The van der Waals surface area contributed by atoms with E-state index in [9.17, 15) is 4.79 Å². The molecule has 106 valence electrons. The summed E-state index contributed by atoms with van der Waals surface area (Å²) in [6.07, 6.45) is 2.82. The number of rotatable bonds is 4. The van der Waals surface area contributed by atoms with Crippen molar-refractivity contribution in [2.45, 2.75) is 59.9 Å². The normalized spacial score (nSPS) is 26.7. The largest absolute Gasteiger partial charge is 0.353 e. The Morgan fingerprint density at radius 3 is 2.67 bits per heavy atom. The van der Waals surface area contributed by atoms with Gasteiger partial charge in [0.15, 0.2) is 0 Å². The van der Waals surface area contributed by atoms with Gasteiger partial charge in [-0.15, -0.1) is 0 Å². The summed E-state index contributed by atoms with van der Waals surface area (Å²) in [6, 6.07) is 0.362. The van der Waals surface area contributed by atoms with E-state index in [1.165, 1.54) is 0 Å². The van der Waals surface area contributed by atoms with Crippen LogP contribution in [0.2, 0.25) is 0 Å². The van der Waals surface area contributed by atoms with E-state index in [4.69, 9.17) is 0 Å². The Balaban J connectivity index is 2.32. The van der Waals surface area contributed by atoms with Gasteiger partial charge in [-0.1, -0.05) is 34.6 Å². The second kappa shape index (κ2) is 6.55. The van der Waals surface area contributed by atoms with E-state index in [1.54, 1.807) is 0 Å². The van der Waals surface area contributed by atoms with Gasteiger partial charge in [-0.05, 0) is 43.2 Å². The summed E-state index contributed by atoms with van der Waals surface area (Å²) in [5.41, 5.74) is 0.307. The van der Waals surface area contributed by atoms with Crippen molar-refractivity contribution in [3.63, 3.8) is 0 Å². The van der Waals surface area contributed by atoms with Crippen LogP contribution in [0.3, 0.4) is 0 Å². The summed E-state index contributed by atoms with van der Waals surface area (Å²) in [7, 11) is 0. The van der Waals surface area contributed by atoms with E-state index < -0.39 is 0 Å². The van der Waals surface area contributed by atoms with Gasteiger partial charge in [-0.2, -0.15) is 0 Å². The first-order chi connectivity index (χ1) is 8.28. The number of piperidine rings is 1. The van der Waals surface area contributed by atoms with Crippen LogP contribution in [0, 0.1) is 17.3 Å². The minimum Gasteiger partial charge on any atom is -0.353 e. The van der Waals surface area contributed by atoms with Crippen molar-refractivity contribution in [1.29, 1.82) is 0 Å². The molecule has 3 nitrogen and oxygen atoms in total. The van der Waals surface area contributed by atoms with Gasteiger partial charge in [0.05, 0.1) is 0 Å². The molecule has 0 saturated carbocycles. The number of amides is 1. The first-order valence-corrected chi connectivity index (χ1v) is 7.28. The van der Waals surface area contributed by atoms with Crippen molar-refractivity contribution in [2.24, 2.45) is 17.3 Å². The summed E-state index contributed by atoms with van der Waals surface area (Å²) >= 11 is 0. The second-order valence-corrected chi connectivity index (χ2v) is 7.22. The lowest BCUT2D eigenvalue weighted by molar-refractivity contribution is -0.123. The molecule has 1 fully saturated rings. The number of nitrogens with one attached hydrogen (secondary N) is 2. The van der Waals surface area contributed by atoms with Gasteiger partial charge < -0.3 is 10.6 Å². The van der Waals surface area contributed by atoms with Crippen molar-refractivity contribution >= 4 is 5.91 Å². The molecule has 1 rings (SSSR count). The molecule has 0 aliphatic carbocycles. The molecule has 0 radical (unpaired) electrons. The number of hydrogen-bond donors (Lipinski definition) is 2. The Morgan fingerprint density at radius 1 is 1.44 bits per heavy atom. The third kappa shape index (κ3) is 5.85. The first-order valence-electron chi connectivity index (χ1n) is 7.28. The minimum absolute atomic E-state index is 0.227. The van der Waals surface area contributed by atoms with Crippen LogP contribution in [-0.2, 0) is 4.79 Å². The third-order valence-electron chi connectivity index (χ3n) is 3.63. The maximum absolute atomic E-state index is 12.0. The molecule has 3 heteroatoms. The summed E-state index contributed by atoms with van der Waals surface area (Å²) in [5.74, 6) is 1.23. The molecule has 3 unspecified atom stereocenters. The SMILES string of the molecule is CC(CC(=O)NC1CCNCC1C)CC(C)(C)C. The predicted molar refractivity (Wildman–Crippen MR) is 76.4 cm³/mol. The zero-order valence-electron chi connectivity index (χ0n) is 12.7. The lowest BCUT2D eigenvalue weighted by Crippen LogP contribution is -2.48. The molecule has 0 aromatic heterocycles. The molecular weight excluding hydrogens is 224 g/mol. The van der Waals surface area contributed by atoms with Crippen LogP contribution < -0.4 is 10.6 Å². The van der Waals surface area contributed by atoms with Gasteiger partial charge >= 0.3 is 0 Å². The average Bonchev–Trinajstić information content (AvgIpc) is 2.18. The van der Waals surface area contributed by atoms with E-state index in [2.05, 4.69) is 45.3 Å². The fourth-order valence-corrected chi connectivity index (χ4v) is 2.93. The van der Waals surface area contributed by atoms with Crippen molar-refractivity contribution in [2.75, 3.05) is 13.1 Å². The van der Waals surface area contributed by atoms with Crippen molar-refractivity contribution in [3.05, 3.63) is 0 Å². The molecule has 0 aromatic rings. The van der Waals surface area contributed by atoms with E-state index in [0.29, 0.717) is 29.7 Å². The number of carbonyl (C=O) groups is 1. The summed E-state index contributed by atoms with van der Waals surface area (Å²) < 4.78 is 0. The highest BCUT2D eigenvalue weighted by Gasteiger charge is 2.24. The topological polar surface area (TPSA) is 41.1 Å². The maximum atomic E-state index is 12.0. The molecule has 0 bridgehead atoms. The monoisotopic (exact) mass is 254 g/mol. The van der Waals surface area contributed by atoms with Crippen LogP contribution in [-0.4, -0.2) is 25.0 Å². The zero-order chi connectivity index (χ0) is 13.8. The zero-order valence-corrected chi connectivity index (χ0v) is 12.7. The molecule has 2 N–H and O–H groups in total. The van der Waals surface area contributed by atoms with Crippen LogP contribution in [0.1, 0.15) is 53.9 Å². The minimum atomic E-state index is 0.227. The summed E-state index contributed by atoms with van der Waals surface area (Å²) in [5, 5.41) is 6.56. The molecule has 1 aliphatic heterocycles. The standard InChI is InChI=1S/C15H30N2O/c1-11(9-15(3,4)5)8-14(18)17-13-6-7-16-10-12(13)2/h11-13,16H,6-10H2,1-5H3,(H,17,18). The van der Waals surface area contributed by atoms with Gasteiger partial charge in [0, 0.05) is 12.5 Å². The highest BCUT2D eigenvalue weighted by Crippen LogP contribution is 2.26. The second-order valence-electron chi connectivity index (χ2n) is 7.22. The number of hydrogen-bond acceptors (Lipinski definition) is 2. The van der Waals surface area contributed by atoms with Gasteiger partial charge in [-0.3, -0.25) is 4.79 Å². The fourth-order valence-electron chi connectivity index (χ4n) is 2.93. The third-order valence-corrected chi connectivity index (χ3v) is 3.63. The van der Waals surface area contributed by atoms with Gasteiger partial charge in [0.1, 0.15) is 0 Å². The molecule has 3 atom stereocenters. The molecule has 0 aromatic carbocycles. The molecule has 1 heterocycles. The van der Waals surface area contributed by atoms with Crippen LogP contribution >= 0.6 is 0 Å². The van der Waals surface area contributed by atoms with Gasteiger partial charge in [-0.25, -0.2) is 0 Å². The van der Waals surface area contributed by atoms with Crippen molar-refractivity contribution in [1.82, 2.24) is 10.6 Å². The van der Waals surface area contributed by atoms with Crippen LogP contribution in [0.15, 0.2) is 0 Å². The Kier molecular flexibility index (Phi) is 5.64. The average molecular weight is 254 g/mol. The molecule has 1 aliphatic rings.